The summed E-state index contributed by atoms with van der Waals surface area (Å²) in [6.07, 6.45) is 14.2. The smallest absolute Gasteiger partial charge is 0.302 e. The molecular formula is C38H49ClO2. The maximum Gasteiger partial charge on any atom is 0.302 e. The summed E-state index contributed by atoms with van der Waals surface area (Å²) in [5, 5.41) is 0. The molecule has 3 heteroatoms. The highest BCUT2D eigenvalue weighted by Crippen LogP contribution is 2.70. The number of rotatable bonds is 6. The number of hydrogen-bond acceptors (Lipinski definition) is 2. The Morgan fingerprint density at radius 2 is 1.56 bits per heavy atom. The van der Waals surface area contributed by atoms with Crippen LogP contribution in [0.5, 0.6) is 0 Å². The molecule has 0 N–H and O–H groups in total. The van der Waals surface area contributed by atoms with E-state index in [1.807, 2.05) is 0 Å². The van der Waals surface area contributed by atoms with Crippen LogP contribution in [0.3, 0.4) is 0 Å². The fourth-order valence-corrected chi connectivity index (χ4v) is 11.1. The van der Waals surface area contributed by atoms with E-state index in [1.165, 1.54) is 55.7 Å². The molecule has 0 heterocycles. The van der Waals surface area contributed by atoms with E-state index in [-0.39, 0.29) is 22.4 Å². The Bertz CT molecular complexity index is 1210. The SMILES string of the molecule is CC(=O)O[C@@H]1CC[C@]2(C)[C@H]3CC[C@]4(C)[C@@H]([C@@H](C)CC=C(c5ccccc5)c5ccccc5)CC[C@H]4[C@@H]3CC[C@@]2(Cl)C1. The van der Waals surface area contributed by atoms with Gasteiger partial charge in [-0.15, -0.1) is 11.6 Å². The average Bonchev–Trinajstić information content (AvgIpc) is 3.32. The number of hydrogen-bond donors (Lipinski definition) is 0. The molecule has 2 nitrogen and oxygen atoms in total. The summed E-state index contributed by atoms with van der Waals surface area (Å²) >= 11 is 7.55. The van der Waals surface area contributed by atoms with Crippen LogP contribution in [0.25, 0.3) is 5.57 Å². The van der Waals surface area contributed by atoms with E-state index < -0.39 is 0 Å². The van der Waals surface area contributed by atoms with Crippen molar-refractivity contribution in [1.82, 2.24) is 0 Å². The van der Waals surface area contributed by atoms with E-state index >= 15 is 0 Å². The maximum absolute atomic E-state index is 11.7. The van der Waals surface area contributed by atoms with Gasteiger partial charge in [0.25, 0.3) is 0 Å². The zero-order chi connectivity index (χ0) is 28.8. The van der Waals surface area contributed by atoms with Crippen molar-refractivity contribution in [1.29, 1.82) is 0 Å². The van der Waals surface area contributed by atoms with Crippen LogP contribution in [0.1, 0.15) is 103 Å². The van der Waals surface area contributed by atoms with Crippen molar-refractivity contribution in [2.45, 2.75) is 103 Å². The fraction of sp³-hybridized carbons (Fsp3) is 0.605. The Hall–Kier alpha value is -2.06. The summed E-state index contributed by atoms with van der Waals surface area (Å²) in [4.78, 5) is 11.5. The molecule has 2 aromatic carbocycles. The number of esters is 1. The highest BCUT2D eigenvalue weighted by atomic mass is 35.5. The van der Waals surface area contributed by atoms with Crippen LogP contribution in [0.15, 0.2) is 66.7 Å². The molecule has 0 amide bonds. The first-order valence-electron chi connectivity index (χ1n) is 16.3. The van der Waals surface area contributed by atoms with Gasteiger partial charge in [-0.2, -0.15) is 0 Å². The van der Waals surface area contributed by atoms with Crippen molar-refractivity contribution in [2.75, 3.05) is 0 Å². The van der Waals surface area contributed by atoms with Crippen molar-refractivity contribution in [3.05, 3.63) is 77.9 Å². The van der Waals surface area contributed by atoms with Crippen molar-refractivity contribution in [3.8, 4) is 0 Å². The lowest BCUT2D eigenvalue weighted by molar-refractivity contribution is -0.157. The molecule has 2 aromatic rings. The first kappa shape index (κ1) is 29.0. The fourth-order valence-electron chi connectivity index (χ4n) is 10.6. The molecule has 0 saturated heterocycles. The summed E-state index contributed by atoms with van der Waals surface area (Å²) in [6.45, 7) is 9.21. The highest BCUT2D eigenvalue weighted by molar-refractivity contribution is 6.24. The number of fused-ring (bicyclic) bond motifs is 5. The molecule has 0 spiro atoms. The third kappa shape index (κ3) is 5.11. The number of allylic oxidation sites excluding steroid dienone is 1. The molecule has 6 rings (SSSR count). The van der Waals surface area contributed by atoms with Crippen LogP contribution < -0.4 is 0 Å². The van der Waals surface area contributed by atoms with E-state index in [0.717, 1.165) is 49.9 Å². The summed E-state index contributed by atoms with van der Waals surface area (Å²) in [7, 11) is 0. The maximum atomic E-state index is 11.7. The number of ether oxygens (including phenoxy) is 1. The minimum Gasteiger partial charge on any atom is -0.462 e. The Balaban J connectivity index is 1.19. The lowest BCUT2D eigenvalue weighted by Gasteiger charge is -2.64. The Kier molecular flexibility index (Phi) is 7.94. The van der Waals surface area contributed by atoms with Crippen molar-refractivity contribution in [2.24, 2.45) is 40.4 Å². The van der Waals surface area contributed by atoms with Crippen LogP contribution in [-0.2, 0) is 9.53 Å². The lowest BCUT2D eigenvalue weighted by atomic mass is 9.44. The Morgan fingerprint density at radius 3 is 2.20 bits per heavy atom. The number of carbonyl (C=O) groups is 1. The molecule has 9 atom stereocenters. The zero-order valence-corrected chi connectivity index (χ0v) is 26.3. The molecule has 0 unspecified atom stereocenters. The van der Waals surface area contributed by atoms with Gasteiger partial charge in [-0.05, 0) is 115 Å². The standard InChI is InChI=1S/C38H49ClO2/c1-26(15-16-31(28-11-7-5-8-12-28)29-13-9-6-10-14-29)33-17-18-34-32-20-24-38(39)25-30(41-27(2)40)19-23-37(38,4)35(32)21-22-36(33,34)3/h5-14,16,26,30,32-35H,15,17-25H2,1-4H3/t26-,30+,32-,33+,34-,35-,36+,37+,38+/m0/s1. The van der Waals surface area contributed by atoms with Gasteiger partial charge in [0.2, 0.25) is 0 Å². The Morgan fingerprint density at radius 1 is 0.902 bits per heavy atom. The number of benzene rings is 2. The average molecular weight is 573 g/mol. The molecular weight excluding hydrogens is 524 g/mol. The van der Waals surface area contributed by atoms with E-state index in [0.29, 0.717) is 17.3 Å². The van der Waals surface area contributed by atoms with Crippen LogP contribution in [-0.4, -0.2) is 16.9 Å². The van der Waals surface area contributed by atoms with Gasteiger partial charge >= 0.3 is 5.97 Å². The van der Waals surface area contributed by atoms with Gasteiger partial charge in [-0.3, -0.25) is 4.79 Å². The minimum absolute atomic E-state index is 0.00934. The number of carbonyl (C=O) groups excluding carboxylic acids is 1. The topological polar surface area (TPSA) is 26.3 Å². The second-order valence-corrected chi connectivity index (χ2v) is 15.3. The lowest BCUT2D eigenvalue weighted by Crippen LogP contribution is -2.60. The summed E-state index contributed by atoms with van der Waals surface area (Å²) < 4.78 is 5.68. The molecule has 0 radical (unpaired) electrons. The molecule has 0 aromatic heterocycles. The zero-order valence-electron chi connectivity index (χ0n) is 25.6. The van der Waals surface area contributed by atoms with Crippen LogP contribution in [0, 0.1) is 40.4 Å². The second kappa shape index (κ2) is 11.2. The summed E-state index contributed by atoms with van der Waals surface area (Å²) in [5.74, 6) is 3.56. The minimum atomic E-state index is -0.234. The molecule has 220 valence electrons. The van der Waals surface area contributed by atoms with Gasteiger partial charge in [0, 0.05) is 13.3 Å². The van der Waals surface area contributed by atoms with Crippen LogP contribution in [0.2, 0.25) is 0 Å². The van der Waals surface area contributed by atoms with Crippen LogP contribution in [0.4, 0.5) is 0 Å². The van der Waals surface area contributed by atoms with Gasteiger partial charge in [-0.25, -0.2) is 0 Å². The highest BCUT2D eigenvalue weighted by Gasteiger charge is 2.64. The van der Waals surface area contributed by atoms with E-state index in [1.54, 1.807) is 0 Å². The first-order valence-corrected chi connectivity index (χ1v) is 16.7. The number of alkyl halides is 1. The van der Waals surface area contributed by atoms with Crippen molar-refractivity contribution in [3.63, 3.8) is 0 Å². The molecule has 0 bridgehead atoms. The van der Waals surface area contributed by atoms with Crippen molar-refractivity contribution >= 4 is 23.1 Å². The van der Waals surface area contributed by atoms with E-state index in [9.17, 15) is 4.79 Å². The first-order chi connectivity index (χ1) is 19.6. The van der Waals surface area contributed by atoms with E-state index in [4.69, 9.17) is 16.3 Å². The second-order valence-electron chi connectivity index (χ2n) is 14.6. The molecule has 0 aliphatic heterocycles. The quantitative estimate of drug-likeness (QED) is 0.254. The monoisotopic (exact) mass is 572 g/mol. The molecule has 4 aliphatic carbocycles. The number of halogens is 1. The third-order valence-electron chi connectivity index (χ3n) is 12.6. The van der Waals surface area contributed by atoms with Gasteiger partial charge in [-0.1, -0.05) is 87.5 Å². The molecule has 4 saturated carbocycles. The van der Waals surface area contributed by atoms with Gasteiger partial charge < -0.3 is 4.74 Å². The molecule has 41 heavy (non-hydrogen) atoms. The molecule has 4 fully saturated rings. The van der Waals surface area contributed by atoms with Crippen molar-refractivity contribution < 1.29 is 9.53 Å². The van der Waals surface area contributed by atoms with Gasteiger partial charge in [0.1, 0.15) is 6.10 Å². The van der Waals surface area contributed by atoms with Gasteiger partial charge in [0.05, 0.1) is 4.87 Å². The third-order valence-corrected chi connectivity index (χ3v) is 13.4. The van der Waals surface area contributed by atoms with Gasteiger partial charge in [0.15, 0.2) is 0 Å². The summed E-state index contributed by atoms with van der Waals surface area (Å²) in [5.41, 5.74) is 4.55. The normalized spacial score (nSPS) is 38.6. The van der Waals surface area contributed by atoms with Crippen LogP contribution >= 0.6 is 11.6 Å². The largest absolute Gasteiger partial charge is 0.462 e. The predicted molar refractivity (Wildman–Crippen MR) is 170 cm³/mol. The predicted octanol–water partition coefficient (Wildman–Crippen LogP) is 10.1. The molecule has 4 aliphatic rings. The van der Waals surface area contributed by atoms with E-state index in [2.05, 4.69) is 87.5 Å². The Labute approximate surface area is 253 Å². The summed E-state index contributed by atoms with van der Waals surface area (Å²) in [6, 6.07) is 21.8.